The third-order valence-electron chi connectivity index (χ3n) is 5.93. The van der Waals surface area contributed by atoms with E-state index in [4.69, 9.17) is 11.6 Å². The van der Waals surface area contributed by atoms with Gasteiger partial charge in [0, 0.05) is 6.42 Å². The molecule has 0 bridgehead atoms. The van der Waals surface area contributed by atoms with E-state index in [-0.39, 0.29) is 28.1 Å². The molecule has 214 valence electrons. The van der Waals surface area contributed by atoms with E-state index in [0.717, 1.165) is 42.5 Å². The number of ether oxygens (including phenoxy) is 2. The summed E-state index contributed by atoms with van der Waals surface area (Å²) < 4.78 is 101. The summed E-state index contributed by atoms with van der Waals surface area (Å²) in [4.78, 5) is 13.6. The number of benzene rings is 4. The van der Waals surface area contributed by atoms with Crippen LogP contribution >= 0.6 is 11.6 Å². The van der Waals surface area contributed by atoms with Crippen molar-refractivity contribution in [3.63, 3.8) is 0 Å². The van der Waals surface area contributed by atoms with Crippen molar-refractivity contribution in [3.8, 4) is 11.5 Å². The SMILES string of the molecule is O=C(NC(Cc1ccccc1)(c1cccc(OC(F)(F)F)c1)c1cccc(OC(F)(F)F)c1)c1cc(F)ccc1Cl. The normalized spacial score (nSPS) is 12.1. The molecule has 0 unspecified atom stereocenters. The molecule has 0 heterocycles. The molecular formula is C29H19ClF7NO3. The Morgan fingerprint density at radius 1 is 0.707 bits per heavy atom. The van der Waals surface area contributed by atoms with Gasteiger partial charge in [-0.3, -0.25) is 4.79 Å². The molecule has 1 amide bonds. The molecule has 4 rings (SSSR count). The molecule has 1 N–H and O–H groups in total. The van der Waals surface area contributed by atoms with Crippen molar-refractivity contribution >= 4 is 17.5 Å². The van der Waals surface area contributed by atoms with Crippen LogP contribution in [0.1, 0.15) is 27.0 Å². The molecule has 0 aliphatic heterocycles. The minimum Gasteiger partial charge on any atom is -0.406 e. The minimum atomic E-state index is -5.06. The molecular weight excluding hydrogens is 579 g/mol. The first-order valence-corrected chi connectivity index (χ1v) is 12.2. The highest BCUT2D eigenvalue weighted by atomic mass is 35.5. The van der Waals surface area contributed by atoms with E-state index in [9.17, 15) is 35.5 Å². The summed E-state index contributed by atoms with van der Waals surface area (Å²) in [7, 11) is 0. The average Bonchev–Trinajstić information content (AvgIpc) is 2.88. The Kier molecular flexibility index (Phi) is 8.48. The van der Waals surface area contributed by atoms with E-state index in [1.54, 1.807) is 30.3 Å². The Bertz CT molecular complexity index is 1470. The fraction of sp³-hybridized carbons (Fsp3) is 0.138. The van der Waals surface area contributed by atoms with Crippen molar-refractivity contribution in [2.24, 2.45) is 0 Å². The number of rotatable bonds is 8. The molecule has 0 radical (unpaired) electrons. The number of hydrogen-bond acceptors (Lipinski definition) is 3. The van der Waals surface area contributed by atoms with Crippen LogP contribution in [0.3, 0.4) is 0 Å². The highest BCUT2D eigenvalue weighted by Gasteiger charge is 2.39. The van der Waals surface area contributed by atoms with Crippen LogP contribution in [0.25, 0.3) is 0 Å². The number of hydrogen-bond donors (Lipinski definition) is 1. The van der Waals surface area contributed by atoms with Crippen LogP contribution in [0.15, 0.2) is 97.1 Å². The lowest BCUT2D eigenvalue weighted by molar-refractivity contribution is -0.275. The highest BCUT2D eigenvalue weighted by Crippen LogP contribution is 2.39. The highest BCUT2D eigenvalue weighted by molar-refractivity contribution is 6.33. The maximum Gasteiger partial charge on any atom is 0.573 e. The summed E-state index contributed by atoms with van der Waals surface area (Å²) in [5.74, 6) is -3.04. The van der Waals surface area contributed by atoms with Crippen LogP contribution in [0, 0.1) is 5.82 Å². The van der Waals surface area contributed by atoms with Crippen molar-refractivity contribution < 1.29 is 45.0 Å². The number of carbonyl (C=O) groups excluding carboxylic acids is 1. The standard InChI is InChI=1S/C29H19ClF7NO3/c30-25-13-12-21(31)16-24(25)26(39)38-27(17-18-6-2-1-3-7-18,19-8-4-10-22(14-19)40-28(32,33)34)20-9-5-11-23(15-20)41-29(35,36)37/h1-16H,17H2,(H,38,39). The molecule has 0 fully saturated rings. The van der Waals surface area contributed by atoms with Gasteiger partial charge in [0.1, 0.15) is 17.3 Å². The van der Waals surface area contributed by atoms with Crippen LogP contribution in [0.4, 0.5) is 30.7 Å². The predicted octanol–water partition coefficient (Wildman–Crippen LogP) is 8.19. The maximum atomic E-state index is 14.1. The predicted molar refractivity (Wildman–Crippen MR) is 136 cm³/mol. The molecule has 0 saturated heterocycles. The van der Waals surface area contributed by atoms with E-state index in [1.165, 1.54) is 24.3 Å². The van der Waals surface area contributed by atoms with E-state index >= 15 is 0 Å². The lowest BCUT2D eigenvalue weighted by Gasteiger charge is -2.37. The first-order chi connectivity index (χ1) is 19.2. The first-order valence-electron chi connectivity index (χ1n) is 11.8. The third kappa shape index (κ3) is 7.69. The Morgan fingerprint density at radius 3 is 1.76 bits per heavy atom. The minimum absolute atomic E-state index is 0.00753. The summed E-state index contributed by atoms with van der Waals surface area (Å²) in [5, 5.41) is 2.57. The van der Waals surface area contributed by atoms with Crippen molar-refractivity contribution in [2.75, 3.05) is 0 Å². The van der Waals surface area contributed by atoms with E-state index in [0.29, 0.717) is 5.56 Å². The van der Waals surface area contributed by atoms with Gasteiger partial charge in [-0.25, -0.2) is 4.39 Å². The van der Waals surface area contributed by atoms with Gasteiger partial charge in [-0.05, 0) is 59.2 Å². The Hall–Kier alpha value is -4.25. The molecule has 4 nitrogen and oxygen atoms in total. The zero-order chi connectivity index (χ0) is 29.8. The molecule has 0 aliphatic carbocycles. The number of amides is 1. The second kappa shape index (κ2) is 11.7. The fourth-order valence-corrected chi connectivity index (χ4v) is 4.51. The maximum absolute atomic E-state index is 14.1. The van der Waals surface area contributed by atoms with Gasteiger partial charge in [-0.1, -0.05) is 66.2 Å². The van der Waals surface area contributed by atoms with Gasteiger partial charge in [0.05, 0.1) is 16.1 Å². The lowest BCUT2D eigenvalue weighted by Crippen LogP contribution is -2.48. The summed E-state index contributed by atoms with van der Waals surface area (Å²) >= 11 is 6.15. The first kappa shape index (κ1) is 29.7. The zero-order valence-corrected chi connectivity index (χ0v) is 21.4. The van der Waals surface area contributed by atoms with Gasteiger partial charge in [0.25, 0.3) is 5.91 Å². The molecule has 4 aromatic carbocycles. The van der Waals surface area contributed by atoms with Crippen LogP contribution in [-0.2, 0) is 12.0 Å². The van der Waals surface area contributed by atoms with Gasteiger partial charge in [-0.2, -0.15) is 0 Å². The van der Waals surface area contributed by atoms with Gasteiger partial charge in [-0.15, -0.1) is 26.3 Å². The third-order valence-corrected chi connectivity index (χ3v) is 6.26. The molecule has 0 aromatic heterocycles. The number of alkyl halides is 6. The summed E-state index contributed by atoms with van der Waals surface area (Å²) in [6, 6.07) is 20.6. The number of carbonyl (C=O) groups is 1. The van der Waals surface area contributed by atoms with Gasteiger partial charge in [0.2, 0.25) is 0 Å². The summed E-state index contributed by atoms with van der Waals surface area (Å²) in [6.07, 6.45) is -10.3. The van der Waals surface area contributed by atoms with Gasteiger partial charge >= 0.3 is 12.7 Å². The molecule has 0 spiro atoms. The summed E-state index contributed by atoms with van der Waals surface area (Å²) in [5.41, 5.74) is -1.59. The van der Waals surface area contributed by atoms with Crippen LogP contribution in [-0.4, -0.2) is 18.6 Å². The van der Waals surface area contributed by atoms with Crippen molar-refractivity contribution in [1.29, 1.82) is 0 Å². The molecule has 0 saturated carbocycles. The number of nitrogens with one attached hydrogen (secondary N) is 1. The van der Waals surface area contributed by atoms with Crippen LogP contribution < -0.4 is 14.8 Å². The smallest absolute Gasteiger partial charge is 0.406 e. The van der Waals surface area contributed by atoms with E-state index < -0.39 is 41.5 Å². The van der Waals surface area contributed by atoms with Gasteiger partial charge < -0.3 is 14.8 Å². The van der Waals surface area contributed by atoms with Crippen LogP contribution in [0.2, 0.25) is 5.02 Å². The average molecular weight is 598 g/mol. The van der Waals surface area contributed by atoms with Crippen molar-refractivity contribution in [1.82, 2.24) is 5.32 Å². The summed E-state index contributed by atoms with van der Waals surface area (Å²) in [6.45, 7) is 0. The lowest BCUT2D eigenvalue weighted by atomic mass is 9.77. The topological polar surface area (TPSA) is 47.6 Å². The molecule has 0 aliphatic rings. The van der Waals surface area contributed by atoms with Crippen LogP contribution in [0.5, 0.6) is 11.5 Å². The second-order valence-corrected chi connectivity index (χ2v) is 9.20. The molecule has 4 aromatic rings. The van der Waals surface area contributed by atoms with E-state index in [2.05, 4.69) is 14.8 Å². The fourth-order valence-electron chi connectivity index (χ4n) is 4.31. The quantitative estimate of drug-likeness (QED) is 0.208. The largest absolute Gasteiger partial charge is 0.573 e. The second-order valence-electron chi connectivity index (χ2n) is 8.80. The Morgan fingerprint density at radius 2 is 1.24 bits per heavy atom. The zero-order valence-electron chi connectivity index (χ0n) is 20.7. The molecule has 41 heavy (non-hydrogen) atoms. The van der Waals surface area contributed by atoms with E-state index in [1.807, 2.05) is 0 Å². The van der Waals surface area contributed by atoms with Gasteiger partial charge in [0.15, 0.2) is 0 Å². The Balaban J connectivity index is 1.97. The molecule has 12 heteroatoms. The van der Waals surface area contributed by atoms with Crippen molar-refractivity contribution in [3.05, 3.63) is 130 Å². The monoisotopic (exact) mass is 597 g/mol. The Labute approximate surface area is 234 Å². The van der Waals surface area contributed by atoms with Crippen molar-refractivity contribution in [2.45, 2.75) is 24.7 Å². The number of halogens is 8. The molecule has 0 atom stereocenters.